The first-order chi connectivity index (χ1) is 18.0. The third-order valence-electron chi connectivity index (χ3n) is 7.62. The predicted molar refractivity (Wildman–Crippen MR) is 164 cm³/mol. The summed E-state index contributed by atoms with van der Waals surface area (Å²) in [5, 5.41) is 18.7. The number of benzene rings is 6. The van der Waals surface area contributed by atoms with Gasteiger partial charge in [-0.3, -0.25) is 4.79 Å². The highest BCUT2D eigenvalue weighted by atomic mass is 35.5. The van der Waals surface area contributed by atoms with Crippen molar-refractivity contribution in [3.8, 4) is 16.9 Å². The molecule has 0 saturated heterocycles. The number of carbonyl (C=O) groups is 1. The minimum atomic E-state index is -0.135. The van der Waals surface area contributed by atoms with Crippen molar-refractivity contribution in [1.29, 1.82) is 0 Å². The van der Waals surface area contributed by atoms with E-state index in [2.05, 4.69) is 25.6 Å². The minimum Gasteiger partial charge on any atom is -0.507 e. The maximum Gasteiger partial charge on any atom is 0.160 e. The van der Waals surface area contributed by atoms with Gasteiger partial charge in [0.25, 0.3) is 0 Å². The van der Waals surface area contributed by atoms with E-state index in [4.69, 9.17) is 34.8 Å². The highest BCUT2D eigenvalue weighted by molar-refractivity contribution is 6.52. The van der Waals surface area contributed by atoms with Crippen LogP contribution in [0, 0.1) is 13.8 Å². The van der Waals surface area contributed by atoms with E-state index in [1.54, 1.807) is 12.1 Å². The molecule has 1 N–H and O–H groups in total. The van der Waals surface area contributed by atoms with Crippen molar-refractivity contribution in [2.24, 2.45) is 0 Å². The SMILES string of the molecule is C=C(C)c1cc(O)c2c3c(Cl)cc(C)c4c(-c5ccccc5C)cc(Cl)c(c5c(Cl)cc(C(C)=O)c1c25)c43. The lowest BCUT2D eigenvalue weighted by Crippen LogP contribution is -2.01. The van der Waals surface area contributed by atoms with Crippen molar-refractivity contribution in [3.63, 3.8) is 0 Å². The number of fused-ring (bicyclic) bond motifs is 2. The van der Waals surface area contributed by atoms with E-state index < -0.39 is 0 Å². The first-order valence-electron chi connectivity index (χ1n) is 12.2. The zero-order valence-corrected chi connectivity index (χ0v) is 23.6. The average molecular weight is 558 g/mol. The standard InChI is InChI=1S/C33H23Cl3O2/c1-14(2)19-13-25(38)31-30-22(34)10-16(4)26-21(18-9-7-6-8-15(18)3)12-24(36)28(32(26)30)29-23(35)11-20(17(5)37)27(19)33(29)31/h6-13,38H,1H2,2-5H3. The number of hydrogen-bond donors (Lipinski definition) is 1. The Balaban J connectivity index is 2.04. The topological polar surface area (TPSA) is 37.3 Å². The predicted octanol–water partition coefficient (Wildman–Crippen LogP) is 10.9. The summed E-state index contributed by atoms with van der Waals surface area (Å²) in [6, 6.07) is 15.5. The Bertz CT molecular complexity index is 1960. The van der Waals surface area contributed by atoms with Gasteiger partial charge in [0.2, 0.25) is 0 Å². The van der Waals surface area contributed by atoms with Gasteiger partial charge in [-0.05, 0) is 85.2 Å². The molecule has 188 valence electrons. The van der Waals surface area contributed by atoms with E-state index in [0.717, 1.165) is 44.0 Å². The third-order valence-corrected chi connectivity index (χ3v) is 8.51. The molecule has 0 aliphatic rings. The van der Waals surface area contributed by atoms with Gasteiger partial charge in [-0.25, -0.2) is 0 Å². The number of ketones is 1. The highest BCUT2D eigenvalue weighted by Crippen LogP contribution is 2.54. The van der Waals surface area contributed by atoms with Crippen molar-refractivity contribution >= 4 is 89.2 Å². The Morgan fingerprint density at radius 2 is 1.24 bits per heavy atom. The van der Waals surface area contributed by atoms with Gasteiger partial charge in [-0.15, -0.1) is 0 Å². The van der Waals surface area contributed by atoms with Crippen LogP contribution < -0.4 is 0 Å². The molecule has 38 heavy (non-hydrogen) atoms. The zero-order valence-electron chi connectivity index (χ0n) is 21.3. The third kappa shape index (κ3) is 3.31. The molecule has 6 aromatic rings. The van der Waals surface area contributed by atoms with Crippen molar-refractivity contribution in [1.82, 2.24) is 0 Å². The molecule has 0 aromatic heterocycles. The van der Waals surface area contributed by atoms with Gasteiger partial charge in [0, 0.05) is 58.3 Å². The van der Waals surface area contributed by atoms with Gasteiger partial charge in [-0.2, -0.15) is 0 Å². The largest absolute Gasteiger partial charge is 0.507 e. The fourth-order valence-corrected chi connectivity index (χ4v) is 6.99. The summed E-state index contributed by atoms with van der Waals surface area (Å²) in [6.45, 7) is 11.6. The van der Waals surface area contributed by atoms with Crippen LogP contribution in [0.25, 0.3) is 59.8 Å². The van der Waals surface area contributed by atoms with E-state index in [-0.39, 0.29) is 11.5 Å². The summed E-state index contributed by atoms with van der Waals surface area (Å²) >= 11 is 21.1. The van der Waals surface area contributed by atoms with Crippen LogP contribution in [0.3, 0.4) is 0 Å². The van der Waals surface area contributed by atoms with Crippen molar-refractivity contribution < 1.29 is 9.90 Å². The van der Waals surface area contributed by atoms with Gasteiger partial charge in [0.05, 0.1) is 0 Å². The number of aromatic hydroxyl groups is 1. The lowest BCUT2D eigenvalue weighted by molar-refractivity contribution is 0.101. The first-order valence-corrected chi connectivity index (χ1v) is 13.4. The van der Waals surface area contributed by atoms with Crippen molar-refractivity contribution in [2.45, 2.75) is 27.7 Å². The van der Waals surface area contributed by atoms with Crippen LogP contribution in [0.2, 0.25) is 15.1 Å². The number of allylic oxidation sites excluding steroid dienone is 1. The molecule has 0 heterocycles. The molecule has 0 unspecified atom stereocenters. The normalized spacial score (nSPS) is 11.9. The molecule has 0 bridgehead atoms. The Kier molecular flexibility index (Phi) is 5.66. The second kappa shape index (κ2) is 8.61. The van der Waals surface area contributed by atoms with Crippen LogP contribution in [0.15, 0.2) is 55.1 Å². The van der Waals surface area contributed by atoms with Crippen LogP contribution in [0.5, 0.6) is 5.75 Å². The Labute approximate surface area is 235 Å². The monoisotopic (exact) mass is 556 g/mol. The van der Waals surface area contributed by atoms with Crippen molar-refractivity contribution in [3.05, 3.63) is 92.4 Å². The summed E-state index contributed by atoms with van der Waals surface area (Å²) in [4.78, 5) is 12.8. The van der Waals surface area contributed by atoms with E-state index >= 15 is 0 Å². The number of Topliss-reactive ketones (excluding diaryl/α,β-unsaturated/α-hetero) is 1. The van der Waals surface area contributed by atoms with Crippen LogP contribution in [0.1, 0.15) is 40.9 Å². The molecule has 0 amide bonds. The molecule has 0 aliphatic heterocycles. The molecule has 0 aliphatic carbocycles. The summed E-state index contributed by atoms with van der Waals surface area (Å²) in [7, 11) is 0. The Morgan fingerprint density at radius 3 is 1.87 bits per heavy atom. The number of hydrogen-bond acceptors (Lipinski definition) is 2. The maximum atomic E-state index is 12.8. The number of halogens is 3. The maximum absolute atomic E-state index is 12.8. The highest BCUT2D eigenvalue weighted by Gasteiger charge is 2.27. The van der Waals surface area contributed by atoms with E-state index in [9.17, 15) is 9.90 Å². The number of carbonyl (C=O) groups excluding carboxylic acids is 1. The van der Waals surface area contributed by atoms with Gasteiger partial charge in [0.1, 0.15) is 5.75 Å². The molecule has 0 saturated carbocycles. The van der Waals surface area contributed by atoms with Gasteiger partial charge < -0.3 is 5.11 Å². The Morgan fingerprint density at radius 1 is 0.658 bits per heavy atom. The van der Waals surface area contributed by atoms with Gasteiger partial charge in [0.15, 0.2) is 5.78 Å². The molecule has 6 aromatic carbocycles. The van der Waals surface area contributed by atoms with Crippen molar-refractivity contribution in [2.75, 3.05) is 0 Å². The zero-order chi connectivity index (χ0) is 27.2. The number of phenolic OH excluding ortho intramolecular Hbond substituents is 1. The number of phenols is 1. The average Bonchev–Trinajstić information content (AvgIpc) is 2.85. The lowest BCUT2D eigenvalue weighted by atomic mass is 9.82. The molecule has 0 radical (unpaired) electrons. The molecular weight excluding hydrogens is 535 g/mol. The molecular formula is C33H23Cl3O2. The summed E-state index contributed by atoms with van der Waals surface area (Å²) in [5.41, 5.74) is 6.01. The fraction of sp³-hybridized carbons (Fsp3) is 0.121. The number of rotatable bonds is 3. The van der Waals surface area contributed by atoms with Crippen LogP contribution in [-0.2, 0) is 0 Å². The summed E-state index contributed by atoms with van der Waals surface area (Å²) < 4.78 is 0. The molecule has 0 fully saturated rings. The molecule has 6 rings (SSSR count). The minimum absolute atomic E-state index is 0.0450. The summed E-state index contributed by atoms with van der Waals surface area (Å²) in [5.74, 6) is -0.0897. The fourth-order valence-electron chi connectivity index (χ4n) is 6.04. The van der Waals surface area contributed by atoms with E-state index in [1.807, 2.05) is 38.1 Å². The van der Waals surface area contributed by atoms with Gasteiger partial charge >= 0.3 is 0 Å². The van der Waals surface area contributed by atoms with E-state index in [1.165, 1.54) is 6.92 Å². The quantitative estimate of drug-likeness (QED) is 0.133. The molecule has 0 spiro atoms. The lowest BCUT2D eigenvalue weighted by Gasteiger charge is -2.24. The second-order valence-electron chi connectivity index (χ2n) is 10.1. The molecule has 2 nitrogen and oxygen atoms in total. The Hall–Kier alpha value is -3.30. The van der Waals surface area contributed by atoms with Crippen LogP contribution in [-0.4, -0.2) is 10.9 Å². The second-order valence-corrected chi connectivity index (χ2v) is 11.3. The summed E-state index contributed by atoms with van der Waals surface area (Å²) in [6.07, 6.45) is 0. The molecule has 5 heteroatoms. The smallest absolute Gasteiger partial charge is 0.160 e. The van der Waals surface area contributed by atoms with Crippen LogP contribution in [0.4, 0.5) is 0 Å². The van der Waals surface area contributed by atoms with Crippen LogP contribution >= 0.6 is 34.8 Å². The van der Waals surface area contributed by atoms with Gasteiger partial charge in [-0.1, -0.05) is 71.2 Å². The molecule has 0 atom stereocenters. The first kappa shape index (κ1) is 25.0. The number of aryl methyl sites for hydroxylation is 2. The van der Waals surface area contributed by atoms with E-state index in [0.29, 0.717) is 53.1 Å².